The molecule has 122 valence electrons. The Morgan fingerprint density at radius 1 is 0.958 bits per heavy atom. The SMILES string of the molecule is O=c1c2ccccc2c(-c2ccc(Cl)cc2)nn1CN1CCCC1. The summed E-state index contributed by atoms with van der Waals surface area (Å²) in [6.45, 7) is 2.60. The summed E-state index contributed by atoms with van der Waals surface area (Å²) in [6.07, 6.45) is 2.37. The van der Waals surface area contributed by atoms with Gasteiger partial charge in [-0.2, -0.15) is 5.10 Å². The maximum Gasteiger partial charge on any atom is 0.275 e. The van der Waals surface area contributed by atoms with Gasteiger partial charge in [-0.05, 0) is 44.1 Å². The number of halogens is 1. The zero-order valence-corrected chi connectivity index (χ0v) is 14.0. The molecule has 5 heteroatoms. The van der Waals surface area contributed by atoms with Crippen LogP contribution >= 0.6 is 11.6 Å². The third-order valence-corrected chi connectivity index (χ3v) is 4.77. The molecule has 1 saturated heterocycles. The number of hydrogen-bond acceptors (Lipinski definition) is 3. The van der Waals surface area contributed by atoms with E-state index in [0.29, 0.717) is 17.1 Å². The van der Waals surface area contributed by atoms with E-state index in [9.17, 15) is 4.79 Å². The topological polar surface area (TPSA) is 38.1 Å². The van der Waals surface area contributed by atoms with Gasteiger partial charge in [-0.15, -0.1) is 0 Å². The van der Waals surface area contributed by atoms with E-state index >= 15 is 0 Å². The van der Waals surface area contributed by atoms with Gasteiger partial charge in [0.05, 0.1) is 17.7 Å². The normalized spacial score (nSPS) is 15.2. The Labute approximate surface area is 145 Å². The number of nitrogens with zero attached hydrogens (tertiary/aromatic N) is 3. The lowest BCUT2D eigenvalue weighted by atomic mass is 10.1. The summed E-state index contributed by atoms with van der Waals surface area (Å²) in [5.41, 5.74) is 1.75. The number of fused-ring (bicyclic) bond motifs is 1. The Balaban J connectivity index is 1.89. The predicted octanol–water partition coefficient (Wildman–Crippen LogP) is 3.77. The van der Waals surface area contributed by atoms with Gasteiger partial charge in [0.2, 0.25) is 0 Å². The van der Waals surface area contributed by atoms with Crippen LogP contribution in [0.25, 0.3) is 22.0 Å². The van der Waals surface area contributed by atoms with Crippen LogP contribution in [0.15, 0.2) is 53.3 Å². The predicted molar refractivity (Wildman–Crippen MR) is 97.3 cm³/mol. The van der Waals surface area contributed by atoms with Crippen molar-refractivity contribution in [3.05, 3.63) is 63.9 Å². The average Bonchev–Trinajstić information content (AvgIpc) is 3.11. The summed E-state index contributed by atoms with van der Waals surface area (Å²) >= 11 is 6.00. The van der Waals surface area contributed by atoms with Crippen LogP contribution in [0.2, 0.25) is 5.02 Å². The summed E-state index contributed by atoms with van der Waals surface area (Å²) in [6, 6.07) is 15.3. The van der Waals surface area contributed by atoms with E-state index in [1.54, 1.807) is 4.68 Å². The molecule has 0 bridgehead atoms. The lowest BCUT2D eigenvalue weighted by molar-refractivity contribution is 0.250. The first-order valence-corrected chi connectivity index (χ1v) is 8.58. The maximum absolute atomic E-state index is 12.8. The minimum Gasteiger partial charge on any atom is -0.284 e. The lowest BCUT2D eigenvalue weighted by Crippen LogP contribution is -2.32. The van der Waals surface area contributed by atoms with Crippen molar-refractivity contribution in [2.75, 3.05) is 13.1 Å². The van der Waals surface area contributed by atoms with Crippen molar-refractivity contribution in [3.8, 4) is 11.3 Å². The van der Waals surface area contributed by atoms with Gasteiger partial charge in [-0.25, -0.2) is 4.68 Å². The molecule has 24 heavy (non-hydrogen) atoms. The van der Waals surface area contributed by atoms with Crippen LogP contribution < -0.4 is 5.56 Å². The minimum atomic E-state index is -0.0322. The number of benzene rings is 2. The number of rotatable bonds is 3. The lowest BCUT2D eigenvalue weighted by Gasteiger charge is -2.17. The van der Waals surface area contributed by atoms with Gasteiger partial charge < -0.3 is 0 Å². The van der Waals surface area contributed by atoms with E-state index in [-0.39, 0.29) is 5.56 Å². The van der Waals surface area contributed by atoms with Gasteiger partial charge in [0.25, 0.3) is 5.56 Å². The summed E-state index contributed by atoms with van der Waals surface area (Å²) in [5.74, 6) is 0. The highest BCUT2D eigenvalue weighted by Crippen LogP contribution is 2.26. The quantitative estimate of drug-likeness (QED) is 0.729. The van der Waals surface area contributed by atoms with Crippen molar-refractivity contribution < 1.29 is 0 Å². The zero-order valence-electron chi connectivity index (χ0n) is 13.3. The second-order valence-electron chi connectivity index (χ2n) is 6.17. The molecule has 1 aromatic heterocycles. The highest BCUT2D eigenvalue weighted by molar-refractivity contribution is 6.30. The summed E-state index contributed by atoms with van der Waals surface area (Å²) in [4.78, 5) is 15.1. The highest BCUT2D eigenvalue weighted by Gasteiger charge is 2.16. The molecule has 0 atom stereocenters. The molecule has 4 rings (SSSR count). The molecule has 0 saturated carbocycles. The molecule has 2 heterocycles. The maximum atomic E-state index is 12.8. The Hall–Kier alpha value is -2.17. The van der Waals surface area contributed by atoms with Crippen LogP contribution in [-0.4, -0.2) is 27.8 Å². The van der Waals surface area contributed by atoms with Crippen molar-refractivity contribution in [2.24, 2.45) is 0 Å². The Bertz CT molecular complexity index is 927. The zero-order chi connectivity index (χ0) is 16.5. The molecule has 0 aliphatic carbocycles. The third-order valence-electron chi connectivity index (χ3n) is 4.52. The van der Waals surface area contributed by atoms with Crippen molar-refractivity contribution in [1.29, 1.82) is 0 Å². The van der Waals surface area contributed by atoms with Gasteiger partial charge in [0.1, 0.15) is 0 Å². The molecule has 1 aliphatic rings. The number of likely N-dealkylation sites (tertiary alicyclic amines) is 1. The molecule has 1 fully saturated rings. The van der Waals surface area contributed by atoms with E-state index in [1.165, 1.54) is 12.8 Å². The van der Waals surface area contributed by atoms with E-state index in [1.807, 2.05) is 48.5 Å². The molecule has 0 spiro atoms. The van der Waals surface area contributed by atoms with Crippen LogP contribution in [0, 0.1) is 0 Å². The van der Waals surface area contributed by atoms with Crippen LogP contribution in [-0.2, 0) is 6.67 Å². The van der Waals surface area contributed by atoms with Crippen molar-refractivity contribution >= 4 is 22.4 Å². The minimum absolute atomic E-state index is 0.0322. The van der Waals surface area contributed by atoms with Crippen LogP contribution in [0.5, 0.6) is 0 Å². The first kappa shape index (κ1) is 15.4. The van der Waals surface area contributed by atoms with Gasteiger partial charge in [0.15, 0.2) is 0 Å². The first-order chi connectivity index (χ1) is 11.7. The monoisotopic (exact) mass is 339 g/mol. The van der Waals surface area contributed by atoms with E-state index in [2.05, 4.69) is 10.00 Å². The fourth-order valence-electron chi connectivity index (χ4n) is 3.27. The molecule has 2 aromatic carbocycles. The Kier molecular flexibility index (Phi) is 4.08. The molecule has 3 aromatic rings. The largest absolute Gasteiger partial charge is 0.284 e. The van der Waals surface area contributed by atoms with Crippen molar-refractivity contribution in [2.45, 2.75) is 19.5 Å². The van der Waals surface area contributed by atoms with Gasteiger partial charge >= 0.3 is 0 Å². The smallest absolute Gasteiger partial charge is 0.275 e. The molecule has 1 aliphatic heterocycles. The fraction of sp³-hybridized carbons (Fsp3) is 0.263. The van der Waals surface area contributed by atoms with Crippen LogP contribution in [0.1, 0.15) is 12.8 Å². The van der Waals surface area contributed by atoms with E-state index < -0.39 is 0 Å². The number of hydrogen-bond donors (Lipinski definition) is 0. The van der Waals surface area contributed by atoms with Crippen molar-refractivity contribution in [1.82, 2.24) is 14.7 Å². The number of aromatic nitrogens is 2. The summed E-state index contributed by atoms with van der Waals surface area (Å²) in [7, 11) is 0. The van der Waals surface area contributed by atoms with Crippen LogP contribution in [0.3, 0.4) is 0 Å². The summed E-state index contributed by atoms with van der Waals surface area (Å²) in [5, 5.41) is 6.95. The second kappa shape index (κ2) is 6.38. The molecule has 0 amide bonds. The van der Waals surface area contributed by atoms with Gasteiger partial charge in [-0.1, -0.05) is 41.9 Å². The Morgan fingerprint density at radius 3 is 2.33 bits per heavy atom. The molecular weight excluding hydrogens is 322 g/mol. The molecule has 0 N–H and O–H groups in total. The van der Waals surface area contributed by atoms with Gasteiger partial charge in [-0.3, -0.25) is 9.69 Å². The molecule has 0 unspecified atom stereocenters. The van der Waals surface area contributed by atoms with E-state index in [4.69, 9.17) is 11.6 Å². The second-order valence-corrected chi connectivity index (χ2v) is 6.61. The first-order valence-electron chi connectivity index (χ1n) is 8.20. The van der Waals surface area contributed by atoms with Crippen LogP contribution in [0.4, 0.5) is 0 Å². The van der Waals surface area contributed by atoms with E-state index in [0.717, 1.165) is 29.7 Å². The third kappa shape index (κ3) is 2.83. The molecular formula is C19H18ClN3O. The van der Waals surface area contributed by atoms with Gasteiger partial charge in [0, 0.05) is 16.0 Å². The Morgan fingerprint density at radius 2 is 1.62 bits per heavy atom. The standard InChI is InChI=1S/C19H18ClN3O/c20-15-9-7-14(8-10-15)18-16-5-1-2-6-17(16)19(24)23(21-18)13-22-11-3-4-12-22/h1-2,5-10H,3-4,11-13H2. The fourth-order valence-corrected chi connectivity index (χ4v) is 3.39. The highest BCUT2D eigenvalue weighted by atomic mass is 35.5. The van der Waals surface area contributed by atoms with Crippen molar-refractivity contribution in [3.63, 3.8) is 0 Å². The summed E-state index contributed by atoms with van der Waals surface area (Å²) < 4.78 is 1.59. The molecule has 0 radical (unpaired) electrons. The average molecular weight is 340 g/mol. The molecule has 4 nitrogen and oxygen atoms in total.